The topological polar surface area (TPSA) is 34.6 Å². The van der Waals surface area contributed by atoms with Gasteiger partial charge in [0.25, 0.3) is 0 Å². The number of pyridine rings is 1. The Kier molecular flexibility index (Phi) is 6.93. The minimum absolute atomic E-state index is 0.603. The summed E-state index contributed by atoms with van der Waals surface area (Å²) < 4.78 is 10.3. The van der Waals surface area contributed by atoms with Gasteiger partial charge in [-0.05, 0) is 6.07 Å². The van der Waals surface area contributed by atoms with Crippen LogP contribution in [0.3, 0.4) is 0 Å². The second kappa shape index (κ2) is 8.28. The summed E-state index contributed by atoms with van der Waals surface area (Å²) in [7, 11) is 3.33. The van der Waals surface area contributed by atoms with Crippen LogP contribution in [-0.2, 0) is 11.3 Å². The van der Waals surface area contributed by atoms with Crippen LogP contribution in [0.25, 0.3) is 0 Å². The number of ether oxygens (including phenoxy) is 2. The number of nitrogens with zero attached hydrogens (tertiary/aromatic N) is 2. The Morgan fingerprint density at radius 2 is 2.18 bits per heavy atom. The minimum Gasteiger partial charge on any atom is -0.481 e. The van der Waals surface area contributed by atoms with Crippen LogP contribution in [0.2, 0.25) is 0 Å². The summed E-state index contributed by atoms with van der Waals surface area (Å²) in [5.74, 6) is 1.27. The first-order chi connectivity index (χ1) is 8.31. The molecular formula is C12H19ClN2O2. The van der Waals surface area contributed by atoms with Crippen molar-refractivity contribution in [2.75, 3.05) is 39.8 Å². The summed E-state index contributed by atoms with van der Waals surface area (Å²) in [6.07, 6.45) is 1.73. The molecule has 0 unspecified atom stereocenters. The van der Waals surface area contributed by atoms with Gasteiger partial charge >= 0.3 is 0 Å². The first kappa shape index (κ1) is 14.2. The van der Waals surface area contributed by atoms with Crippen LogP contribution in [0.15, 0.2) is 18.3 Å². The maximum absolute atomic E-state index is 5.79. The quantitative estimate of drug-likeness (QED) is 0.666. The highest BCUT2D eigenvalue weighted by Gasteiger charge is 2.09. The third kappa shape index (κ3) is 4.89. The van der Waals surface area contributed by atoms with Gasteiger partial charge in [-0.25, -0.2) is 4.98 Å². The standard InChI is InChI=1S/C12H19ClN2O2/c1-16-9-8-15(7-5-13)10-11-4-3-6-14-12(11)17-2/h3-4,6H,5,7-10H2,1-2H3. The van der Waals surface area contributed by atoms with E-state index in [0.29, 0.717) is 18.4 Å². The van der Waals surface area contributed by atoms with Crippen molar-refractivity contribution in [3.63, 3.8) is 0 Å². The van der Waals surface area contributed by atoms with Crippen LogP contribution >= 0.6 is 11.6 Å². The van der Waals surface area contributed by atoms with Crippen LogP contribution in [0, 0.1) is 0 Å². The number of rotatable bonds is 8. The number of halogens is 1. The summed E-state index contributed by atoms with van der Waals surface area (Å²) >= 11 is 5.79. The molecule has 1 aromatic rings. The molecule has 0 aliphatic rings. The van der Waals surface area contributed by atoms with Gasteiger partial charge in [-0.15, -0.1) is 11.6 Å². The Balaban J connectivity index is 2.63. The Bertz CT molecular complexity index is 323. The van der Waals surface area contributed by atoms with Gasteiger partial charge in [0.2, 0.25) is 5.88 Å². The monoisotopic (exact) mass is 258 g/mol. The van der Waals surface area contributed by atoms with Crippen molar-refractivity contribution < 1.29 is 9.47 Å². The van der Waals surface area contributed by atoms with E-state index >= 15 is 0 Å². The van der Waals surface area contributed by atoms with E-state index in [1.54, 1.807) is 20.4 Å². The zero-order chi connectivity index (χ0) is 12.5. The lowest BCUT2D eigenvalue weighted by atomic mass is 10.2. The zero-order valence-corrected chi connectivity index (χ0v) is 11.1. The smallest absolute Gasteiger partial charge is 0.217 e. The predicted molar refractivity (Wildman–Crippen MR) is 68.7 cm³/mol. The van der Waals surface area contributed by atoms with E-state index < -0.39 is 0 Å². The van der Waals surface area contributed by atoms with E-state index in [0.717, 1.165) is 25.2 Å². The molecule has 0 spiro atoms. The van der Waals surface area contributed by atoms with Gasteiger partial charge in [0.05, 0.1) is 13.7 Å². The lowest BCUT2D eigenvalue weighted by Crippen LogP contribution is -2.29. The number of alkyl halides is 1. The molecule has 0 aliphatic heterocycles. The molecule has 96 valence electrons. The third-order valence-corrected chi connectivity index (χ3v) is 2.62. The molecule has 17 heavy (non-hydrogen) atoms. The number of hydrogen-bond donors (Lipinski definition) is 0. The molecule has 0 amide bonds. The molecular weight excluding hydrogens is 240 g/mol. The Morgan fingerprint density at radius 3 is 2.82 bits per heavy atom. The minimum atomic E-state index is 0.603. The Hall–Kier alpha value is -0.840. The molecule has 1 heterocycles. The molecule has 1 aromatic heterocycles. The number of hydrogen-bond acceptors (Lipinski definition) is 4. The van der Waals surface area contributed by atoms with Gasteiger partial charge in [0, 0.05) is 44.4 Å². The lowest BCUT2D eigenvalue weighted by molar-refractivity contribution is 0.147. The van der Waals surface area contributed by atoms with E-state index in [1.807, 2.05) is 12.1 Å². The fraction of sp³-hybridized carbons (Fsp3) is 0.583. The van der Waals surface area contributed by atoms with Crippen molar-refractivity contribution in [1.82, 2.24) is 9.88 Å². The highest BCUT2D eigenvalue weighted by Crippen LogP contribution is 2.15. The maximum atomic E-state index is 5.79. The van der Waals surface area contributed by atoms with Crippen molar-refractivity contribution in [1.29, 1.82) is 0 Å². The molecule has 0 atom stereocenters. The molecule has 4 nitrogen and oxygen atoms in total. The van der Waals surface area contributed by atoms with Gasteiger partial charge in [-0.2, -0.15) is 0 Å². The molecule has 0 saturated heterocycles. The molecule has 5 heteroatoms. The van der Waals surface area contributed by atoms with Crippen LogP contribution < -0.4 is 4.74 Å². The van der Waals surface area contributed by atoms with E-state index in [1.165, 1.54) is 0 Å². The van der Waals surface area contributed by atoms with E-state index in [-0.39, 0.29) is 0 Å². The molecule has 0 bridgehead atoms. The van der Waals surface area contributed by atoms with E-state index in [2.05, 4.69) is 9.88 Å². The first-order valence-electron chi connectivity index (χ1n) is 5.57. The van der Waals surface area contributed by atoms with Crippen molar-refractivity contribution in [2.45, 2.75) is 6.54 Å². The summed E-state index contributed by atoms with van der Waals surface area (Å²) in [4.78, 5) is 6.40. The molecule has 0 aromatic carbocycles. The van der Waals surface area contributed by atoms with Gasteiger partial charge in [0.15, 0.2) is 0 Å². The van der Waals surface area contributed by atoms with Crippen LogP contribution in [0.5, 0.6) is 5.88 Å². The maximum Gasteiger partial charge on any atom is 0.217 e. The SMILES string of the molecule is COCCN(CCCl)Cc1cccnc1OC. The highest BCUT2D eigenvalue weighted by atomic mass is 35.5. The van der Waals surface area contributed by atoms with Gasteiger partial charge in [-0.3, -0.25) is 4.90 Å². The van der Waals surface area contributed by atoms with E-state index in [9.17, 15) is 0 Å². The van der Waals surface area contributed by atoms with Crippen molar-refractivity contribution in [3.05, 3.63) is 23.9 Å². The van der Waals surface area contributed by atoms with Gasteiger partial charge < -0.3 is 9.47 Å². The molecule has 0 aliphatic carbocycles. The highest BCUT2D eigenvalue weighted by molar-refractivity contribution is 6.18. The molecule has 0 saturated carbocycles. The largest absolute Gasteiger partial charge is 0.481 e. The van der Waals surface area contributed by atoms with Crippen LogP contribution in [0.1, 0.15) is 5.56 Å². The molecule has 0 fully saturated rings. The predicted octanol–water partition coefficient (Wildman–Crippen LogP) is 1.78. The summed E-state index contributed by atoms with van der Waals surface area (Å²) in [6.45, 7) is 3.14. The number of aromatic nitrogens is 1. The second-order valence-electron chi connectivity index (χ2n) is 3.63. The van der Waals surface area contributed by atoms with Crippen LogP contribution in [0.4, 0.5) is 0 Å². The Morgan fingerprint density at radius 1 is 1.35 bits per heavy atom. The number of methoxy groups -OCH3 is 2. The molecule has 0 N–H and O–H groups in total. The van der Waals surface area contributed by atoms with Crippen molar-refractivity contribution in [2.24, 2.45) is 0 Å². The Labute approximate surface area is 107 Å². The molecule has 1 rings (SSSR count). The zero-order valence-electron chi connectivity index (χ0n) is 10.4. The van der Waals surface area contributed by atoms with Gasteiger partial charge in [0.1, 0.15) is 0 Å². The average molecular weight is 259 g/mol. The lowest BCUT2D eigenvalue weighted by Gasteiger charge is -2.21. The van der Waals surface area contributed by atoms with Crippen molar-refractivity contribution >= 4 is 11.6 Å². The normalized spacial score (nSPS) is 10.8. The van der Waals surface area contributed by atoms with Crippen LogP contribution in [-0.4, -0.2) is 49.7 Å². The summed E-state index contributed by atoms with van der Waals surface area (Å²) in [5.41, 5.74) is 1.07. The fourth-order valence-corrected chi connectivity index (χ4v) is 1.82. The first-order valence-corrected chi connectivity index (χ1v) is 6.10. The summed E-state index contributed by atoms with van der Waals surface area (Å²) in [6, 6.07) is 3.92. The molecule has 0 radical (unpaired) electrons. The van der Waals surface area contributed by atoms with E-state index in [4.69, 9.17) is 21.1 Å². The third-order valence-electron chi connectivity index (χ3n) is 2.45. The average Bonchev–Trinajstić information content (AvgIpc) is 2.37. The second-order valence-corrected chi connectivity index (χ2v) is 4.01. The fourth-order valence-electron chi connectivity index (χ4n) is 1.58. The summed E-state index contributed by atoms with van der Waals surface area (Å²) in [5, 5.41) is 0. The van der Waals surface area contributed by atoms with Crippen molar-refractivity contribution in [3.8, 4) is 5.88 Å². The van der Waals surface area contributed by atoms with Gasteiger partial charge in [-0.1, -0.05) is 6.07 Å².